The summed E-state index contributed by atoms with van der Waals surface area (Å²) in [6.45, 7) is 0. The standard InChI is InChI=1S/C6H7ClNO4P/c7-11-13(9,12-8)10-6-4-2-1-3-5-6/h1-5H,8H2. The van der Waals surface area contributed by atoms with Crippen LogP contribution in [0.1, 0.15) is 0 Å². The number of hydrogen-bond donors (Lipinski definition) is 1. The number of para-hydroxylation sites is 1. The average molecular weight is 224 g/mol. The molecule has 0 aromatic heterocycles. The first-order valence-corrected chi connectivity index (χ1v) is 5.00. The lowest BCUT2D eigenvalue weighted by molar-refractivity contribution is 0.219. The first kappa shape index (κ1) is 10.5. The van der Waals surface area contributed by atoms with Crippen molar-refractivity contribution in [2.45, 2.75) is 0 Å². The molecule has 0 fully saturated rings. The summed E-state index contributed by atoms with van der Waals surface area (Å²) in [5.74, 6) is 4.96. The Hall–Kier alpha value is -0.580. The van der Waals surface area contributed by atoms with Crippen LogP contribution in [0.25, 0.3) is 0 Å². The van der Waals surface area contributed by atoms with E-state index in [1.807, 2.05) is 0 Å². The predicted octanol–water partition coefficient (Wildman–Crippen LogP) is 2.23. The third-order valence-corrected chi connectivity index (χ3v) is 2.54. The molecule has 1 aromatic rings. The van der Waals surface area contributed by atoms with Gasteiger partial charge >= 0.3 is 7.82 Å². The largest absolute Gasteiger partial charge is 0.563 e. The highest BCUT2D eigenvalue weighted by molar-refractivity contribution is 7.49. The van der Waals surface area contributed by atoms with Crippen molar-refractivity contribution >= 4 is 19.7 Å². The molecule has 0 radical (unpaired) electrons. The van der Waals surface area contributed by atoms with Crippen molar-refractivity contribution in [3.63, 3.8) is 0 Å². The number of nitrogens with two attached hydrogens (primary N) is 1. The van der Waals surface area contributed by atoms with Gasteiger partial charge in [-0.2, -0.15) is 8.70 Å². The highest BCUT2D eigenvalue weighted by Gasteiger charge is 2.27. The average Bonchev–Trinajstić information content (AvgIpc) is 2.19. The van der Waals surface area contributed by atoms with Crippen molar-refractivity contribution in [2.24, 2.45) is 5.90 Å². The molecule has 0 saturated carbocycles. The zero-order valence-corrected chi connectivity index (χ0v) is 8.07. The van der Waals surface area contributed by atoms with E-state index >= 15 is 0 Å². The number of halogens is 1. The van der Waals surface area contributed by atoms with Gasteiger partial charge in [-0.25, -0.2) is 10.5 Å². The van der Waals surface area contributed by atoms with Gasteiger partial charge in [0.25, 0.3) is 0 Å². The molecule has 0 bridgehead atoms. The van der Waals surface area contributed by atoms with Crippen LogP contribution < -0.4 is 10.4 Å². The molecule has 0 aliphatic heterocycles. The van der Waals surface area contributed by atoms with Gasteiger partial charge in [0.1, 0.15) is 5.75 Å². The Bertz CT molecular complexity index is 299. The molecule has 1 atom stereocenters. The Morgan fingerprint density at radius 1 is 1.31 bits per heavy atom. The van der Waals surface area contributed by atoms with Crippen LogP contribution >= 0.6 is 19.7 Å². The number of benzene rings is 1. The second-order valence-corrected chi connectivity index (χ2v) is 3.87. The zero-order valence-electron chi connectivity index (χ0n) is 6.42. The number of phosphoric acid groups is 1. The monoisotopic (exact) mass is 223 g/mol. The topological polar surface area (TPSA) is 70.8 Å². The molecular weight excluding hydrogens is 216 g/mol. The smallest absolute Gasteiger partial charge is 0.402 e. The molecule has 5 nitrogen and oxygen atoms in total. The molecule has 0 spiro atoms. The summed E-state index contributed by atoms with van der Waals surface area (Å²) < 4.78 is 23.9. The molecule has 13 heavy (non-hydrogen) atoms. The van der Waals surface area contributed by atoms with Gasteiger partial charge in [0.2, 0.25) is 0 Å². The van der Waals surface area contributed by atoms with Crippen molar-refractivity contribution in [2.75, 3.05) is 0 Å². The third kappa shape index (κ3) is 2.99. The fraction of sp³-hybridized carbons (Fsp3) is 0. The van der Waals surface area contributed by atoms with E-state index in [1.165, 1.54) is 0 Å². The minimum absolute atomic E-state index is 0.289. The molecule has 1 aromatic carbocycles. The minimum Gasteiger partial charge on any atom is -0.402 e. The van der Waals surface area contributed by atoms with Crippen LogP contribution in [-0.2, 0) is 13.3 Å². The van der Waals surface area contributed by atoms with E-state index in [2.05, 4.69) is 14.6 Å². The van der Waals surface area contributed by atoms with Crippen LogP contribution in [0.4, 0.5) is 0 Å². The van der Waals surface area contributed by atoms with E-state index in [0.29, 0.717) is 0 Å². The highest BCUT2D eigenvalue weighted by Crippen LogP contribution is 2.48. The lowest BCUT2D eigenvalue weighted by atomic mass is 10.3. The van der Waals surface area contributed by atoms with Crippen LogP contribution in [0.3, 0.4) is 0 Å². The van der Waals surface area contributed by atoms with E-state index in [-0.39, 0.29) is 5.75 Å². The molecule has 1 unspecified atom stereocenters. The van der Waals surface area contributed by atoms with Gasteiger partial charge < -0.3 is 4.52 Å². The molecular formula is C6H7ClNO4P. The Morgan fingerprint density at radius 2 is 1.92 bits per heavy atom. The fourth-order valence-corrected chi connectivity index (χ4v) is 1.33. The van der Waals surface area contributed by atoms with E-state index in [4.69, 9.17) is 16.4 Å². The number of rotatable bonds is 4. The second-order valence-electron chi connectivity index (χ2n) is 2.03. The van der Waals surface area contributed by atoms with Gasteiger partial charge in [0.05, 0.1) is 11.9 Å². The van der Waals surface area contributed by atoms with Crippen LogP contribution in [0.2, 0.25) is 0 Å². The van der Waals surface area contributed by atoms with Gasteiger partial charge in [0.15, 0.2) is 0 Å². The molecule has 2 N–H and O–H groups in total. The van der Waals surface area contributed by atoms with Crippen LogP contribution in [0.15, 0.2) is 30.3 Å². The summed E-state index contributed by atoms with van der Waals surface area (Å²) in [6.07, 6.45) is 0. The van der Waals surface area contributed by atoms with E-state index in [9.17, 15) is 4.57 Å². The Balaban J connectivity index is 2.74. The van der Waals surface area contributed by atoms with Gasteiger partial charge in [-0.1, -0.05) is 18.2 Å². The van der Waals surface area contributed by atoms with Gasteiger partial charge in [-0.05, 0) is 12.1 Å². The van der Waals surface area contributed by atoms with Gasteiger partial charge in [-0.3, -0.25) is 0 Å². The lowest BCUT2D eigenvalue weighted by Crippen LogP contribution is -2.02. The van der Waals surface area contributed by atoms with Crippen LogP contribution in [0.5, 0.6) is 5.75 Å². The lowest BCUT2D eigenvalue weighted by Gasteiger charge is -2.10. The fourth-order valence-electron chi connectivity index (χ4n) is 0.662. The van der Waals surface area contributed by atoms with Gasteiger partial charge in [-0.15, -0.1) is 0 Å². The van der Waals surface area contributed by atoms with Gasteiger partial charge in [0, 0.05) is 0 Å². The van der Waals surface area contributed by atoms with Crippen molar-refractivity contribution in [3.8, 4) is 5.75 Å². The summed E-state index contributed by atoms with van der Waals surface area (Å²) in [7, 11) is -3.86. The molecule has 0 saturated heterocycles. The van der Waals surface area contributed by atoms with Crippen molar-refractivity contribution in [1.29, 1.82) is 0 Å². The molecule has 0 heterocycles. The Labute approximate surface area is 80.1 Å². The second kappa shape index (κ2) is 4.60. The summed E-state index contributed by atoms with van der Waals surface area (Å²) in [6, 6.07) is 8.25. The molecule has 0 aliphatic carbocycles. The van der Waals surface area contributed by atoms with E-state index < -0.39 is 7.82 Å². The molecule has 0 aliphatic rings. The quantitative estimate of drug-likeness (QED) is 0.626. The maximum atomic E-state index is 11.2. The van der Waals surface area contributed by atoms with E-state index in [1.54, 1.807) is 30.3 Å². The Kier molecular flexibility index (Phi) is 3.71. The van der Waals surface area contributed by atoms with Crippen molar-refractivity contribution in [1.82, 2.24) is 0 Å². The van der Waals surface area contributed by atoms with Crippen LogP contribution in [-0.4, -0.2) is 0 Å². The van der Waals surface area contributed by atoms with Crippen LogP contribution in [0, 0.1) is 0 Å². The maximum absolute atomic E-state index is 11.2. The SMILES string of the molecule is NOP(=O)(OCl)Oc1ccccc1. The number of hydrogen-bond acceptors (Lipinski definition) is 5. The minimum atomic E-state index is -3.86. The predicted molar refractivity (Wildman–Crippen MR) is 46.9 cm³/mol. The normalized spacial score (nSPS) is 14.9. The maximum Gasteiger partial charge on any atom is 0.563 e. The summed E-state index contributed by atoms with van der Waals surface area (Å²) >= 11 is 4.87. The summed E-state index contributed by atoms with van der Waals surface area (Å²) in [4.78, 5) is 0. The molecule has 72 valence electrons. The summed E-state index contributed by atoms with van der Waals surface area (Å²) in [5, 5.41) is 0. The first-order valence-electron chi connectivity index (χ1n) is 3.24. The van der Waals surface area contributed by atoms with Crippen molar-refractivity contribution < 1.29 is 17.8 Å². The van der Waals surface area contributed by atoms with Crippen molar-refractivity contribution in [3.05, 3.63) is 30.3 Å². The Morgan fingerprint density at radius 3 is 2.38 bits per heavy atom. The zero-order chi connectivity index (χ0) is 9.73. The molecule has 0 amide bonds. The molecule has 1 rings (SSSR count). The first-order chi connectivity index (χ1) is 6.20. The third-order valence-electron chi connectivity index (χ3n) is 1.17. The molecule has 7 heteroatoms. The summed E-state index contributed by atoms with van der Waals surface area (Å²) in [5.41, 5.74) is 0. The van der Waals surface area contributed by atoms with E-state index in [0.717, 1.165) is 0 Å². The highest BCUT2D eigenvalue weighted by atomic mass is 35.5.